The zero-order valence-corrected chi connectivity index (χ0v) is 30.9. The average molecular weight is 727 g/mol. The van der Waals surface area contributed by atoms with Crippen molar-refractivity contribution in [3.63, 3.8) is 0 Å². The monoisotopic (exact) mass is 726 g/mol. The van der Waals surface area contributed by atoms with Crippen molar-refractivity contribution in [2.75, 3.05) is 0 Å². The summed E-state index contributed by atoms with van der Waals surface area (Å²) in [5, 5.41) is 7.74. The second-order valence-electron chi connectivity index (χ2n) is 13.9. The molecule has 0 saturated heterocycles. The fourth-order valence-electron chi connectivity index (χ4n) is 7.53. The van der Waals surface area contributed by atoms with Crippen LogP contribution in [0.1, 0.15) is 22.4 Å². The van der Waals surface area contributed by atoms with E-state index in [2.05, 4.69) is 170 Å². The molecule has 0 aliphatic rings. The highest BCUT2D eigenvalue weighted by Gasteiger charge is 2.16. The van der Waals surface area contributed by atoms with Gasteiger partial charge in [-0.2, -0.15) is 0 Å². The fraction of sp³-hybridized carbons (Fsp3) is 0.0400. The van der Waals surface area contributed by atoms with E-state index in [1.807, 2.05) is 55.0 Å². The molecule has 0 bridgehead atoms. The van der Waals surface area contributed by atoms with Gasteiger partial charge in [-0.15, -0.1) is 0 Å². The number of aromatic nitrogens is 6. The van der Waals surface area contributed by atoms with Gasteiger partial charge in [0, 0.05) is 98.8 Å². The Balaban J connectivity index is 0.000000121. The molecule has 272 valence electrons. The zero-order chi connectivity index (χ0) is 37.5. The molecule has 6 nitrogen and oxygen atoms in total. The number of nitrogens with one attached hydrogen (secondary N) is 6. The number of hydrogen-bond donors (Lipinski definition) is 6. The topological polar surface area (TPSA) is 94.7 Å². The highest BCUT2D eigenvalue weighted by atomic mass is 14.7. The van der Waals surface area contributed by atoms with E-state index in [1.54, 1.807) is 0 Å². The van der Waals surface area contributed by atoms with Crippen LogP contribution in [0.25, 0.3) is 65.4 Å². The van der Waals surface area contributed by atoms with Gasteiger partial charge >= 0.3 is 0 Å². The third-order valence-corrected chi connectivity index (χ3v) is 10.4. The van der Waals surface area contributed by atoms with Crippen LogP contribution in [0, 0.1) is 0 Å². The SMILES string of the molecule is c1ccc2[nH]ccc2c1.c1ccc2[nH]ccc2c1.c1ccc2[nH]ccc2c1.c1ccc2c(Cc3[nH]c4ccccc4c3Cc3c[nH]c4ccccc34)c[nH]c2c1. The van der Waals surface area contributed by atoms with Crippen LogP contribution in [0.4, 0.5) is 0 Å². The van der Waals surface area contributed by atoms with Crippen LogP contribution in [-0.4, -0.2) is 29.9 Å². The maximum Gasteiger partial charge on any atom is 0.0459 e. The number of aromatic amines is 6. The lowest BCUT2D eigenvalue weighted by molar-refractivity contribution is 1.07. The molecule has 0 radical (unpaired) electrons. The summed E-state index contributed by atoms with van der Waals surface area (Å²) in [5.41, 5.74) is 12.6. The molecule has 0 amide bonds. The molecule has 0 unspecified atom stereocenters. The Morgan fingerprint density at radius 1 is 0.304 bits per heavy atom. The molecule has 6 aromatic carbocycles. The van der Waals surface area contributed by atoms with Gasteiger partial charge in [-0.1, -0.05) is 109 Å². The highest BCUT2D eigenvalue weighted by Crippen LogP contribution is 2.31. The average Bonchev–Trinajstić information content (AvgIpc) is 4.12. The summed E-state index contributed by atoms with van der Waals surface area (Å²) < 4.78 is 0. The smallest absolute Gasteiger partial charge is 0.0459 e. The van der Waals surface area contributed by atoms with Crippen molar-refractivity contribution >= 4 is 65.4 Å². The van der Waals surface area contributed by atoms with Crippen molar-refractivity contribution in [3.8, 4) is 0 Å². The molecule has 6 N–H and O–H groups in total. The maximum atomic E-state index is 3.70. The molecule has 0 fully saturated rings. The lowest BCUT2D eigenvalue weighted by Crippen LogP contribution is -1.95. The molecule has 0 atom stereocenters. The second-order valence-corrected chi connectivity index (χ2v) is 13.9. The fourth-order valence-corrected chi connectivity index (χ4v) is 7.53. The van der Waals surface area contributed by atoms with E-state index < -0.39 is 0 Å². The normalized spacial score (nSPS) is 11.0. The third-order valence-electron chi connectivity index (χ3n) is 10.4. The van der Waals surface area contributed by atoms with Crippen LogP contribution in [0.5, 0.6) is 0 Å². The van der Waals surface area contributed by atoms with E-state index in [1.165, 1.54) is 87.8 Å². The zero-order valence-electron chi connectivity index (χ0n) is 30.9. The first-order valence-electron chi connectivity index (χ1n) is 19.0. The van der Waals surface area contributed by atoms with Crippen molar-refractivity contribution in [1.82, 2.24) is 29.9 Å². The van der Waals surface area contributed by atoms with Crippen molar-refractivity contribution in [2.45, 2.75) is 12.8 Å². The number of benzene rings is 6. The van der Waals surface area contributed by atoms with Gasteiger partial charge < -0.3 is 29.9 Å². The minimum absolute atomic E-state index is 0.885. The first-order chi connectivity index (χ1) is 27.8. The molecule has 6 aromatic heterocycles. The van der Waals surface area contributed by atoms with Gasteiger partial charge in [0.05, 0.1) is 0 Å². The van der Waals surface area contributed by atoms with Crippen molar-refractivity contribution in [2.24, 2.45) is 0 Å². The first kappa shape index (κ1) is 34.3. The van der Waals surface area contributed by atoms with Gasteiger partial charge in [0.25, 0.3) is 0 Å². The molecular formula is C50H42N6. The molecule has 0 spiro atoms. The lowest BCUT2D eigenvalue weighted by Gasteiger charge is -2.05. The number of H-pyrrole nitrogens is 6. The molecular weight excluding hydrogens is 685 g/mol. The minimum atomic E-state index is 0.885. The Morgan fingerprint density at radius 3 is 1.14 bits per heavy atom. The number of para-hydroxylation sites is 6. The number of fused-ring (bicyclic) bond motifs is 6. The predicted molar refractivity (Wildman–Crippen MR) is 235 cm³/mol. The van der Waals surface area contributed by atoms with E-state index in [-0.39, 0.29) is 0 Å². The predicted octanol–water partition coefficient (Wildman–Crippen LogP) is 12.8. The molecule has 6 heteroatoms. The number of hydrogen-bond acceptors (Lipinski definition) is 0. The lowest BCUT2D eigenvalue weighted by atomic mass is 9.98. The minimum Gasteiger partial charge on any atom is -0.361 e. The molecule has 0 aliphatic heterocycles. The standard InChI is InChI=1S/C26H21N3.3C8H7N/c1-4-10-23-19(7-1)17(15-27-23)13-22-21-9-3-6-12-25(21)29-26(22)14-18-16-28-24-11-5-2-8-20(18)24;3*1-2-4-8-7(3-1)5-6-9-8/h1-12,15-16,27-29H,13-14H2;3*1-6,9H. The summed E-state index contributed by atoms with van der Waals surface area (Å²) >= 11 is 0. The van der Waals surface area contributed by atoms with Gasteiger partial charge in [0.1, 0.15) is 0 Å². The van der Waals surface area contributed by atoms with Crippen LogP contribution < -0.4 is 0 Å². The summed E-state index contributed by atoms with van der Waals surface area (Å²) in [5.74, 6) is 0. The van der Waals surface area contributed by atoms with E-state index in [0.717, 1.165) is 12.8 Å². The van der Waals surface area contributed by atoms with Crippen molar-refractivity contribution in [1.29, 1.82) is 0 Å². The molecule has 0 saturated carbocycles. The quantitative estimate of drug-likeness (QED) is 0.104. The van der Waals surface area contributed by atoms with E-state index in [4.69, 9.17) is 0 Å². The molecule has 12 rings (SSSR count). The summed E-state index contributed by atoms with van der Waals surface area (Å²) in [4.78, 5) is 19.9. The summed E-state index contributed by atoms with van der Waals surface area (Å²) in [6.45, 7) is 0. The summed E-state index contributed by atoms with van der Waals surface area (Å²) in [6, 6.07) is 56.5. The largest absolute Gasteiger partial charge is 0.361 e. The van der Waals surface area contributed by atoms with E-state index in [9.17, 15) is 0 Å². The van der Waals surface area contributed by atoms with E-state index in [0.29, 0.717) is 0 Å². The maximum absolute atomic E-state index is 3.70. The van der Waals surface area contributed by atoms with Gasteiger partial charge in [0.15, 0.2) is 0 Å². The summed E-state index contributed by atoms with van der Waals surface area (Å²) in [6.07, 6.45) is 11.9. The Kier molecular flexibility index (Phi) is 9.74. The van der Waals surface area contributed by atoms with Crippen molar-refractivity contribution in [3.05, 3.63) is 217 Å². The Hall–Kier alpha value is -7.44. The first-order valence-corrected chi connectivity index (χ1v) is 19.0. The molecule has 6 heterocycles. The highest BCUT2D eigenvalue weighted by molar-refractivity contribution is 5.89. The molecule has 56 heavy (non-hydrogen) atoms. The van der Waals surface area contributed by atoms with Crippen LogP contribution in [0.15, 0.2) is 195 Å². The van der Waals surface area contributed by atoms with Gasteiger partial charge in [-0.05, 0) is 87.4 Å². The molecule has 12 aromatic rings. The number of rotatable bonds is 4. The Morgan fingerprint density at radius 2 is 0.679 bits per heavy atom. The van der Waals surface area contributed by atoms with Crippen LogP contribution in [-0.2, 0) is 12.8 Å². The van der Waals surface area contributed by atoms with Crippen LogP contribution in [0.2, 0.25) is 0 Å². The van der Waals surface area contributed by atoms with Crippen molar-refractivity contribution < 1.29 is 0 Å². The Bertz CT molecular complexity index is 2880. The van der Waals surface area contributed by atoms with Gasteiger partial charge in [0.2, 0.25) is 0 Å². The molecule has 0 aliphatic carbocycles. The van der Waals surface area contributed by atoms with Crippen LogP contribution >= 0.6 is 0 Å². The van der Waals surface area contributed by atoms with E-state index >= 15 is 0 Å². The third kappa shape index (κ3) is 7.36. The van der Waals surface area contributed by atoms with Gasteiger partial charge in [-0.25, -0.2) is 0 Å². The second kappa shape index (κ2) is 15.9. The van der Waals surface area contributed by atoms with Gasteiger partial charge in [-0.3, -0.25) is 0 Å². The van der Waals surface area contributed by atoms with Crippen LogP contribution in [0.3, 0.4) is 0 Å². The summed E-state index contributed by atoms with van der Waals surface area (Å²) in [7, 11) is 0. The Labute approximate surface area is 324 Å².